The Morgan fingerprint density at radius 1 is 1.15 bits per heavy atom. The van der Waals surface area contributed by atoms with E-state index in [0.29, 0.717) is 12.5 Å². The van der Waals surface area contributed by atoms with Crippen LogP contribution in [0.5, 0.6) is 0 Å². The Morgan fingerprint density at radius 3 is 2.65 bits per heavy atom. The van der Waals surface area contributed by atoms with Gasteiger partial charge in [0.1, 0.15) is 0 Å². The number of nitrogens with zero attached hydrogens (tertiary/aromatic N) is 1. The van der Waals surface area contributed by atoms with E-state index in [1.165, 1.54) is 36.8 Å². The molecule has 1 aromatic carbocycles. The van der Waals surface area contributed by atoms with E-state index in [4.69, 9.17) is 5.73 Å². The fraction of sp³-hybridized carbons (Fsp3) is 0.588. The standard InChI is InChI=1S/C17H24N2O/c18-16-9-5-8-13-10-11-19(12-15(13)16)17(20)14-6-3-1-2-4-7-14/h5,8-9,14H,1-4,6-7,10-12,18H2. The first kappa shape index (κ1) is 13.5. The molecular weight excluding hydrogens is 248 g/mol. The van der Waals surface area contributed by atoms with Gasteiger partial charge >= 0.3 is 0 Å². The molecule has 3 rings (SSSR count). The smallest absolute Gasteiger partial charge is 0.225 e. The molecule has 1 aliphatic carbocycles. The third-order valence-electron chi connectivity index (χ3n) is 4.83. The van der Waals surface area contributed by atoms with Crippen molar-refractivity contribution in [2.75, 3.05) is 12.3 Å². The van der Waals surface area contributed by atoms with Gasteiger partial charge in [0.05, 0.1) is 0 Å². The number of nitrogen functional groups attached to an aromatic ring is 1. The average molecular weight is 272 g/mol. The maximum absolute atomic E-state index is 12.7. The van der Waals surface area contributed by atoms with Crippen molar-refractivity contribution >= 4 is 11.6 Å². The summed E-state index contributed by atoms with van der Waals surface area (Å²) in [6.45, 7) is 1.56. The molecule has 1 amide bonds. The van der Waals surface area contributed by atoms with Crippen LogP contribution in [0.1, 0.15) is 49.7 Å². The minimum absolute atomic E-state index is 0.254. The average Bonchev–Trinajstić information content (AvgIpc) is 2.76. The summed E-state index contributed by atoms with van der Waals surface area (Å²) < 4.78 is 0. The second-order valence-electron chi connectivity index (χ2n) is 6.18. The maximum Gasteiger partial charge on any atom is 0.225 e. The van der Waals surface area contributed by atoms with Crippen LogP contribution in [-0.2, 0) is 17.8 Å². The van der Waals surface area contributed by atoms with Crippen LogP contribution in [0.25, 0.3) is 0 Å². The van der Waals surface area contributed by atoms with Crippen LogP contribution < -0.4 is 5.73 Å². The zero-order valence-corrected chi connectivity index (χ0v) is 12.1. The summed E-state index contributed by atoms with van der Waals surface area (Å²) in [6, 6.07) is 6.09. The van der Waals surface area contributed by atoms with E-state index in [1.54, 1.807) is 0 Å². The quantitative estimate of drug-likeness (QED) is 0.630. The maximum atomic E-state index is 12.7. The molecular formula is C17H24N2O. The number of nitrogens with two attached hydrogens (primary N) is 1. The van der Waals surface area contributed by atoms with E-state index in [1.807, 2.05) is 17.0 Å². The second kappa shape index (κ2) is 5.86. The molecule has 1 aromatic rings. The van der Waals surface area contributed by atoms with Crippen molar-refractivity contribution in [3.8, 4) is 0 Å². The fourth-order valence-corrected chi connectivity index (χ4v) is 3.58. The highest BCUT2D eigenvalue weighted by Crippen LogP contribution is 2.29. The van der Waals surface area contributed by atoms with E-state index in [-0.39, 0.29) is 5.92 Å². The summed E-state index contributed by atoms with van der Waals surface area (Å²) >= 11 is 0. The molecule has 3 nitrogen and oxygen atoms in total. The van der Waals surface area contributed by atoms with Crippen molar-refractivity contribution in [1.29, 1.82) is 0 Å². The van der Waals surface area contributed by atoms with E-state index >= 15 is 0 Å². The number of benzene rings is 1. The predicted molar refractivity (Wildman–Crippen MR) is 81.2 cm³/mol. The summed E-state index contributed by atoms with van der Waals surface area (Å²) in [7, 11) is 0. The van der Waals surface area contributed by atoms with Gasteiger partial charge in [0.2, 0.25) is 5.91 Å². The van der Waals surface area contributed by atoms with Crippen LogP contribution >= 0.6 is 0 Å². The van der Waals surface area contributed by atoms with Gasteiger partial charge in [0.15, 0.2) is 0 Å². The van der Waals surface area contributed by atoms with Gasteiger partial charge in [-0.3, -0.25) is 4.79 Å². The number of fused-ring (bicyclic) bond motifs is 1. The Bertz CT molecular complexity index is 490. The highest BCUT2D eigenvalue weighted by atomic mass is 16.2. The molecule has 3 heteroatoms. The monoisotopic (exact) mass is 272 g/mol. The number of rotatable bonds is 1. The van der Waals surface area contributed by atoms with Crippen LogP contribution in [0, 0.1) is 5.92 Å². The van der Waals surface area contributed by atoms with Gasteiger partial charge in [-0.1, -0.05) is 37.8 Å². The summed E-state index contributed by atoms with van der Waals surface area (Å²) in [5.74, 6) is 0.616. The molecule has 20 heavy (non-hydrogen) atoms. The first-order chi connectivity index (χ1) is 9.75. The van der Waals surface area contributed by atoms with Crippen LogP contribution in [0.15, 0.2) is 18.2 Å². The summed E-state index contributed by atoms with van der Waals surface area (Å²) in [4.78, 5) is 14.7. The van der Waals surface area contributed by atoms with Crippen molar-refractivity contribution in [2.45, 2.75) is 51.5 Å². The van der Waals surface area contributed by atoms with Crippen molar-refractivity contribution in [3.05, 3.63) is 29.3 Å². The van der Waals surface area contributed by atoms with Gasteiger partial charge in [0.25, 0.3) is 0 Å². The zero-order chi connectivity index (χ0) is 13.9. The lowest BCUT2D eigenvalue weighted by molar-refractivity contribution is -0.136. The Balaban J connectivity index is 1.72. The Labute approximate surface area is 121 Å². The Hall–Kier alpha value is -1.51. The summed E-state index contributed by atoms with van der Waals surface area (Å²) in [5, 5.41) is 0. The molecule has 1 saturated carbocycles. The first-order valence-electron chi connectivity index (χ1n) is 7.91. The van der Waals surface area contributed by atoms with E-state index in [9.17, 15) is 4.79 Å². The lowest BCUT2D eigenvalue weighted by atomic mass is 9.94. The summed E-state index contributed by atoms with van der Waals surface area (Å²) in [6.07, 6.45) is 8.10. The number of carbonyl (C=O) groups excluding carboxylic acids is 1. The fourth-order valence-electron chi connectivity index (χ4n) is 3.58. The van der Waals surface area contributed by atoms with E-state index < -0.39 is 0 Å². The number of hydrogen-bond acceptors (Lipinski definition) is 2. The van der Waals surface area contributed by atoms with Gasteiger partial charge in [-0.25, -0.2) is 0 Å². The largest absolute Gasteiger partial charge is 0.398 e. The molecule has 0 radical (unpaired) electrons. The molecule has 0 unspecified atom stereocenters. The Morgan fingerprint density at radius 2 is 1.90 bits per heavy atom. The molecule has 0 aromatic heterocycles. The molecule has 1 heterocycles. The minimum Gasteiger partial charge on any atom is -0.398 e. The SMILES string of the molecule is Nc1cccc2c1CN(C(=O)C1CCCCCC1)CC2. The molecule has 0 atom stereocenters. The molecule has 2 aliphatic rings. The van der Waals surface area contributed by atoms with E-state index in [0.717, 1.165) is 31.5 Å². The Kier molecular flexibility index (Phi) is 3.95. The lowest BCUT2D eigenvalue weighted by Crippen LogP contribution is -2.40. The third kappa shape index (κ3) is 2.67. The number of anilines is 1. The van der Waals surface area contributed by atoms with Crippen molar-refractivity contribution in [2.24, 2.45) is 5.92 Å². The topological polar surface area (TPSA) is 46.3 Å². The van der Waals surface area contributed by atoms with Gasteiger partial charge in [-0.05, 0) is 36.5 Å². The number of amides is 1. The first-order valence-corrected chi connectivity index (χ1v) is 7.91. The molecule has 0 saturated heterocycles. The third-order valence-corrected chi connectivity index (χ3v) is 4.83. The molecule has 0 spiro atoms. The molecule has 1 fully saturated rings. The van der Waals surface area contributed by atoms with Crippen molar-refractivity contribution < 1.29 is 4.79 Å². The van der Waals surface area contributed by atoms with Crippen LogP contribution in [0.3, 0.4) is 0 Å². The van der Waals surface area contributed by atoms with E-state index in [2.05, 4.69) is 6.07 Å². The zero-order valence-electron chi connectivity index (χ0n) is 12.1. The summed E-state index contributed by atoms with van der Waals surface area (Å²) in [5.41, 5.74) is 9.39. The van der Waals surface area contributed by atoms with Crippen LogP contribution in [0.4, 0.5) is 5.69 Å². The minimum atomic E-state index is 0.254. The van der Waals surface area contributed by atoms with Gasteiger partial charge in [0, 0.05) is 24.7 Å². The van der Waals surface area contributed by atoms with Crippen LogP contribution in [-0.4, -0.2) is 17.4 Å². The van der Waals surface area contributed by atoms with Gasteiger partial charge < -0.3 is 10.6 Å². The lowest BCUT2D eigenvalue weighted by Gasteiger charge is -2.32. The molecule has 2 N–H and O–H groups in total. The highest BCUT2D eigenvalue weighted by molar-refractivity contribution is 5.79. The molecule has 0 bridgehead atoms. The molecule has 1 aliphatic heterocycles. The number of carbonyl (C=O) groups is 1. The second-order valence-corrected chi connectivity index (χ2v) is 6.18. The van der Waals surface area contributed by atoms with Crippen molar-refractivity contribution in [1.82, 2.24) is 4.90 Å². The van der Waals surface area contributed by atoms with Gasteiger partial charge in [-0.2, -0.15) is 0 Å². The molecule has 108 valence electrons. The predicted octanol–water partition coefficient (Wildman–Crippen LogP) is 3.12. The van der Waals surface area contributed by atoms with Crippen LogP contribution in [0.2, 0.25) is 0 Å². The van der Waals surface area contributed by atoms with Gasteiger partial charge in [-0.15, -0.1) is 0 Å². The van der Waals surface area contributed by atoms with Crippen molar-refractivity contribution in [3.63, 3.8) is 0 Å². The highest BCUT2D eigenvalue weighted by Gasteiger charge is 2.28. The normalized spacial score (nSPS) is 20.3. The number of hydrogen-bond donors (Lipinski definition) is 1.